The van der Waals surface area contributed by atoms with Crippen LogP contribution in [0.15, 0.2) is 53.0 Å². The van der Waals surface area contributed by atoms with Crippen molar-refractivity contribution < 1.29 is 0 Å². The Bertz CT molecular complexity index is 412. The predicted molar refractivity (Wildman–Crippen MR) is 66.1 cm³/mol. The van der Waals surface area contributed by atoms with E-state index in [0.29, 0.717) is 0 Å². The van der Waals surface area contributed by atoms with Crippen LogP contribution in [0.25, 0.3) is 6.08 Å². The van der Waals surface area contributed by atoms with Crippen LogP contribution < -0.4 is 0 Å². The topological polar surface area (TPSA) is 24.7 Å². The molecule has 0 aliphatic carbocycles. The van der Waals surface area contributed by atoms with Gasteiger partial charge in [0.15, 0.2) is 0 Å². The number of benzene rings is 1. The van der Waals surface area contributed by atoms with E-state index >= 15 is 0 Å². The van der Waals surface area contributed by atoms with E-state index in [1.54, 1.807) is 6.21 Å². The van der Waals surface area contributed by atoms with Crippen LogP contribution in [0.1, 0.15) is 5.56 Å². The van der Waals surface area contributed by atoms with Crippen LogP contribution in [0, 0.1) is 0 Å². The van der Waals surface area contributed by atoms with E-state index in [1.807, 2.05) is 48.7 Å². The van der Waals surface area contributed by atoms with Crippen molar-refractivity contribution in [1.29, 1.82) is 0 Å². The minimum Gasteiger partial charge on any atom is -0.280 e. The predicted octanol–water partition coefficient (Wildman–Crippen LogP) is 3.04. The zero-order valence-corrected chi connectivity index (χ0v) is 8.38. The number of hydrogen-bond acceptors (Lipinski definition) is 2. The molecule has 2 heteroatoms. The van der Waals surface area contributed by atoms with Gasteiger partial charge in [-0.3, -0.25) is 9.98 Å². The monoisotopic (exact) mass is 196 g/mol. The molecule has 0 saturated carbocycles. The van der Waals surface area contributed by atoms with E-state index < -0.39 is 0 Å². The Morgan fingerprint density at radius 3 is 2.67 bits per heavy atom. The summed E-state index contributed by atoms with van der Waals surface area (Å²) in [5.74, 6) is 0. The largest absolute Gasteiger partial charge is 0.280 e. The first-order chi connectivity index (χ1) is 7.38. The van der Waals surface area contributed by atoms with Gasteiger partial charge in [0, 0.05) is 12.4 Å². The molecule has 0 bridgehead atoms. The highest BCUT2D eigenvalue weighted by Gasteiger charge is 1.99. The fraction of sp³-hybridized carbons (Fsp3) is 0.0769. The molecule has 0 aromatic heterocycles. The molecule has 0 fully saturated rings. The molecule has 2 nitrogen and oxygen atoms in total. The van der Waals surface area contributed by atoms with Gasteiger partial charge in [0.25, 0.3) is 0 Å². The van der Waals surface area contributed by atoms with Gasteiger partial charge < -0.3 is 0 Å². The smallest absolute Gasteiger partial charge is 0.103 e. The van der Waals surface area contributed by atoms with Gasteiger partial charge in [-0.05, 0) is 23.8 Å². The fourth-order valence-corrected chi connectivity index (χ4v) is 1.31. The molecular formula is C13H12N2. The summed E-state index contributed by atoms with van der Waals surface area (Å²) in [6.07, 6.45) is 9.37. The normalized spacial score (nSPS) is 18.8. The summed E-state index contributed by atoms with van der Waals surface area (Å²) in [5.41, 5.74) is 2.05. The zero-order chi connectivity index (χ0) is 10.5. The van der Waals surface area contributed by atoms with Gasteiger partial charge in [-0.15, -0.1) is 0 Å². The van der Waals surface area contributed by atoms with E-state index in [2.05, 4.69) is 16.6 Å². The highest BCUT2D eigenvalue weighted by Crippen LogP contribution is 2.13. The third-order valence-corrected chi connectivity index (χ3v) is 2.16. The summed E-state index contributed by atoms with van der Waals surface area (Å²) in [5, 5.41) is 0. The van der Waals surface area contributed by atoms with Crippen LogP contribution in [0.2, 0.25) is 0 Å². The molecule has 1 aliphatic heterocycles. The lowest BCUT2D eigenvalue weighted by Gasteiger charge is -1.97. The molecule has 0 radical (unpaired) electrons. The molecular weight excluding hydrogens is 184 g/mol. The van der Waals surface area contributed by atoms with Crippen molar-refractivity contribution in [2.75, 3.05) is 0 Å². The van der Waals surface area contributed by atoms with E-state index in [0.717, 1.165) is 11.3 Å². The minimum atomic E-state index is 0.101. The van der Waals surface area contributed by atoms with Crippen LogP contribution in [-0.2, 0) is 0 Å². The molecule has 1 aromatic carbocycles. The minimum absolute atomic E-state index is 0.101. The third-order valence-electron chi connectivity index (χ3n) is 2.16. The van der Waals surface area contributed by atoms with Gasteiger partial charge in [-0.25, -0.2) is 0 Å². The Hall–Kier alpha value is -1.96. The molecule has 0 saturated heterocycles. The van der Waals surface area contributed by atoms with Crippen molar-refractivity contribution >= 4 is 24.2 Å². The van der Waals surface area contributed by atoms with Crippen molar-refractivity contribution in [3.8, 4) is 0 Å². The second-order valence-corrected chi connectivity index (χ2v) is 3.25. The number of rotatable bonds is 3. The van der Waals surface area contributed by atoms with Crippen LogP contribution in [-0.4, -0.2) is 18.5 Å². The van der Waals surface area contributed by atoms with E-state index in [4.69, 9.17) is 0 Å². The van der Waals surface area contributed by atoms with Crippen LogP contribution in [0.4, 0.5) is 5.69 Å². The van der Waals surface area contributed by atoms with Crippen molar-refractivity contribution in [2.24, 2.45) is 9.98 Å². The van der Waals surface area contributed by atoms with E-state index in [-0.39, 0.29) is 6.04 Å². The fourth-order valence-electron chi connectivity index (χ4n) is 1.31. The lowest BCUT2D eigenvalue weighted by Crippen LogP contribution is -1.96. The summed E-state index contributed by atoms with van der Waals surface area (Å²) in [6.45, 7) is 3.70. The molecule has 1 aromatic rings. The Morgan fingerprint density at radius 2 is 2.07 bits per heavy atom. The zero-order valence-electron chi connectivity index (χ0n) is 8.38. The Balaban J connectivity index is 2.07. The molecule has 1 aliphatic rings. The highest BCUT2D eigenvalue weighted by atomic mass is 14.8. The second kappa shape index (κ2) is 4.51. The first-order valence-electron chi connectivity index (χ1n) is 4.85. The van der Waals surface area contributed by atoms with Crippen LogP contribution in [0.5, 0.6) is 0 Å². The maximum absolute atomic E-state index is 4.34. The average Bonchev–Trinajstić information content (AvgIpc) is 2.80. The van der Waals surface area contributed by atoms with E-state index in [1.165, 1.54) is 0 Å². The standard InChI is InChI=1S/C13H12N2/c1-2-11-5-7-12(8-6-11)15-10-13-4-3-9-14-13/h2-10,13H,1H2. The Morgan fingerprint density at radius 1 is 1.27 bits per heavy atom. The van der Waals surface area contributed by atoms with Crippen molar-refractivity contribution in [3.63, 3.8) is 0 Å². The molecule has 0 spiro atoms. The van der Waals surface area contributed by atoms with Gasteiger partial charge in [0.2, 0.25) is 0 Å². The van der Waals surface area contributed by atoms with E-state index in [9.17, 15) is 0 Å². The number of aliphatic imine (C=N–C) groups is 2. The van der Waals surface area contributed by atoms with Gasteiger partial charge in [-0.1, -0.05) is 30.9 Å². The van der Waals surface area contributed by atoms with Gasteiger partial charge in [0.1, 0.15) is 6.04 Å². The molecule has 15 heavy (non-hydrogen) atoms. The van der Waals surface area contributed by atoms with Gasteiger partial charge in [0.05, 0.1) is 5.69 Å². The molecule has 1 unspecified atom stereocenters. The lowest BCUT2D eigenvalue weighted by atomic mass is 10.2. The first-order valence-corrected chi connectivity index (χ1v) is 4.85. The number of hydrogen-bond donors (Lipinski definition) is 0. The molecule has 2 rings (SSSR count). The third kappa shape index (κ3) is 2.50. The van der Waals surface area contributed by atoms with Crippen LogP contribution >= 0.6 is 0 Å². The quantitative estimate of drug-likeness (QED) is 0.664. The van der Waals surface area contributed by atoms with Crippen LogP contribution in [0.3, 0.4) is 0 Å². The molecule has 1 atom stereocenters. The Kier molecular flexibility index (Phi) is 2.88. The summed E-state index contributed by atoms with van der Waals surface area (Å²) in [4.78, 5) is 8.52. The summed E-state index contributed by atoms with van der Waals surface area (Å²) < 4.78 is 0. The van der Waals surface area contributed by atoms with Gasteiger partial charge in [-0.2, -0.15) is 0 Å². The number of allylic oxidation sites excluding steroid dienone is 1. The summed E-state index contributed by atoms with van der Waals surface area (Å²) in [7, 11) is 0. The van der Waals surface area contributed by atoms with Crippen molar-refractivity contribution in [2.45, 2.75) is 6.04 Å². The lowest BCUT2D eigenvalue weighted by molar-refractivity contribution is 1.14. The summed E-state index contributed by atoms with van der Waals surface area (Å²) in [6, 6.07) is 8.02. The maximum Gasteiger partial charge on any atom is 0.103 e. The average molecular weight is 196 g/mol. The van der Waals surface area contributed by atoms with Crippen molar-refractivity contribution in [1.82, 2.24) is 0 Å². The van der Waals surface area contributed by atoms with Gasteiger partial charge >= 0.3 is 0 Å². The highest BCUT2D eigenvalue weighted by molar-refractivity contribution is 5.82. The maximum atomic E-state index is 4.34. The van der Waals surface area contributed by atoms with Crippen molar-refractivity contribution in [3.05, 3.63) is 48.6 Å². The molecule has 1 heterocycles. The molecule has 74 valence electrons. The first kappa shape index (κ1) is 9.59. The Labute approximate surface area is 89.4 Å². The SMILES string of the molecule is C=Cc1ccc(N=CC2C=CC=N2)cc1. The summed E-state index contributed by atoms with van der Waals surface area (Å²) >= 11 is 0. The molecule has 0 amide bonds. The number of nitrogens with zero attached hydrogens (tertiary/aromatic N) is 2. The second-order valence-electron chi connectivity index (χ2n) is 3.25. The molecule has 0 N–H and O–H groups in total.